The number of aliphatic hydroxyl groups excluding tert-OH is 2. The van der Waals surface area contributed by atoms with Gasteiger partial charge < -0.3 is 39.8 Å². The van der Waals surface area contributed by atoms with Crippen LogP contribution in [0.25, 0.3) is 12.2 Å². The van der Waals surface area contributed by atoms with Gasteiger partial charge in [0.05, 0.1) is 12.1 Å². The van der Waals surface area contributed by atoms with Crippen molar-refractivity contribution in [1.82, 2.24) is 29.6 Å². The van der Waals surface area contributed by atoms with Crippen molar-refractivity contribution in [2.75, 3.05) is 26.3 Å². The first kappa shape index (κ1) is 41.3. The van der Waals surface area contributed by atoms with E-state index in [-0.39, 0.29) is 83.7 Å². The van der Waals surface area contributed by atoms with Gasteiger partial charge in [0.15, 0.2) is 0 Å². The van der Waals surface area contributed by atoms with Crippen molar-refractivity contribution in [3.8, 4) is 0 Å². The molecule has 2 aliphatic carbocycles. The van der Waals surface area contributed by atoms with Crippen LogP contribution in [-0.4, -0.2) is 91.2 Å². The van der Waals surface area contributed by atoms with E-state index in [1.165, 1.54) is 0 Å². The zero-order chi connectivity index (χ0) is 41.4. The first-order valence-corrected chi connectivity index (χ1v) is 21.1. The summed E-state index contributed by atoms with van der Waals surface area (Å²) in [5.41, 5.74) is 2.57. The van der Waals surface area contributed by atoms with Crippen LogP contribution in [0.2, 0.25) is 0 Å². The van der Waals surface area contributed by atoms with Crippen molar-refractivity contribution in [2.24, 2.45) is 35.5 Å². The predicted molar refractivity (Wildman–Crippen MR) is 218 cm³/mol. The highest BCUT2D eigenvalue weighted by molar-refractivity contribution is 5.90. The monoisotopic (exact) mass is 798 g/mol. The summed E-state index contributed by atoms with van der Waals surface area (Å²) in [5, 5.41) is 26.0. The number of hydrogen-bond acceptors (Lipinski definition) is 8. The standard InChI is InChI=1S/2C22H29N3O4/c2*1-3-5-14-8-9-17-19-15(11-24(17)22(14)29)16(12-26)20(21(28)23-4-2)25(19)18(27)10-13-6-7-13/h2*3,5,8-9,13,15-16,19-20,26H,4,6-7,10-12H2,1-2H3,(H,23,28)/b5-3+;5-3-/t2*15-,16-,19+,20-/m11/s1. The fourth-order valence-electron chi connectivity index (χ4n) is 10.1. The average Bonchev–Trinajstić information content (AvgIpc) is 4.06. The molecule has 8 rings (SSSR count). The Hall–Kier alpha value is -4.82. The lowest BCUT2D eigenvalue weighted by Crippen LogP contribution is -2.50. The largest absolute Gasteiger partial charge is 0.396 e. The van der Waals surface area contributed by atoms with Crippen LogP contribution in [0.5, 0.6) is 0 Å². The topological polar surface area (TPSA) is 183 Å². The van der Waals surface area contributed by atoms with Gasteiger partial charge in [0.25, 0.3) is 11.1 Å². The minimum absolute atomic E-state index is 0.0480. The molecule has 14 heteroatoms. The molecule has 2 saturated carbocycles. The van der Waals surface area contributed by atoms with Gasteiger partial charge in [-0.15, -0.1) is 0 Å². The van der Waals surface area contributed by atoms with Gasteiger partial charge in [-0.25, -0.2) is 0 Å². The fourth-order valence-corrected chi connectivity index (χ4v) is 10.1. The minimum Gasteiger partial charge on any atom is -0.396 e. The molecule has 2 saturated heterocycles. The first-order valence-electron chi connectivity index (χ1n) is 21.1. The lowest BCUT2D eigenvalue weighted by atomic mass is 9.88. The Morgan fingerprint density at radius 3 is 1.34 bits per heavy atom. The first-order chi connectivity index (χ1) is 28.0. The van der Waals surface area contributed by atoms with Gasteiger partial charge >= 0.3 is 0 Å². The van der Waals surface area contributed by atoms with Gasteiger partial charge in [-0.1, -0.05) is 24.3 Å². The van der Waals surface area contributed by atoms with E-state index in [1.807, 2.05) is 52.0 Å². The van der Waals surface area contributed by atoms with Crippen molar-refractivity contribution in [3.63, 3.8) is 0 Å². The van der Waals surface area contributed by atoms with Gasteiger partial charge in [0.2, 0.25) is 23.6 Å². The number of aromatic nitrogens is 2. The lowest BCUT2D eigenvalue weighted by molar-refractivity contribution is -0.142. The molecule has 0 aromatic carbocycles. The minimum atomic E-state index is -0.694. The fraction of sp³-hybridized carbons (Fsp3) is 0.591. The van der Waals surface area contributed by atoms with Gasteiger partial charge in [0, 0.05) is 98.4 Å². The Labute approximate surface area is 339 Å². The van der Waals surface area contributed by atoms with E-state index in [0.717, 1.165) is 37.1 Å². The predicted octanol–water partition coefficient (Wildman–Crippen LogP) is 2.62. The number of allylic oxidation sites excluding steroid dienone is 2. The summed E-state index contributed by atoms with van der Waals surface area (Å²) in [5.74, 6) is -0.823. The molecular formula is C44H58N6O8. The van der Waals surface area contributed by atoms with E-state index in [2.05, 4.69) is 10.6 Å². The SMILES string of the molecule is C/C=C/c1ccc2n(c1=O)C[C@@H]1[C@@H](CO)[C@H](C(=O)NCC)N(C(=O)CC3CC3)[C@H]21.C/C=C\c1ccc2n(c1=O)C[C@@H]1[C@@H](CO)[C@H](C(=O)NCC)N(C(=O)CC3CC3)[C@H]21. The van der Waals surface area contributed by atoms with Crippen molar-refractivity contribution in [1.29, 1.82) is 0 Å². The van der Waals surface area contributed by atoms with Gasteiger partial charge in [-0.2, -0.15) is 0 Å². The number of hydrogen-bond donors (Lipinski definition) is 4. The third kappa shape index (κ3) is 7.49. The van der Waals surface area contributed by atoms with Crippen molar-refractivity contribution >= 4 is 35.8 Å². The number of fused-ring (bicyclic) bond motifs is 6. The molecule has 4 N–H and O–H groups in total. The molecular weight excluding hydrogens is 741 g/mol. The molecule has 0 bridgehead atoms. The van der Waals surface area contributed by atoms with Crippen LogP contribution in [0.15, 0.2) is 46.0 Å². The molecule has 8 atom stereocenters. The highest BCUT2D eigenvalue weighted by atomic mass is 16.3. The van der Waals surface area contributed by atoms with E-state index in [1.54, 1.807) is 43.2 Å². The summed E-state index contributed by atoms with van der Waals surface area (Å²) in [4.78, 5) is 81.5. The number of amides is 4. The Kier molecular flexibility index (Phi) is 12.3. The molecule has 2 aromatic rings. The number of nitrogens with zero attached hydrogens (tertiary/aromatic N) is 4. The summed E-state index contributed by atoms with van der Waals surface area (Å²) in [6, 6.07) is 5.28. The zero-order valence-electron chi connectivity index (χ0n) is 34.0. The molecule has 6 heterocycles. The third-order valence-electron chi connectivity index (χ3n) is 13.0. The quantitative estimate of drug-likeness (QED) is 0.253. The molecule has 4 amide bonds. The van der Waals surface area contributed by atoms with Crippen LogP contribution in [0.4, 0.5) is 0 Å². The summed E-state index contributed by atoms with van der Waals surface area (Å²) < 4.78 is 3.44. The van der Waals surface area contributed by atoms with Crippen LogP contribution in [-0.2, 0) is 32.3 Å². The molecule has 14 nitrogen and oxygen atoms in total. The Balaban J connectivity index is 0.000000177. The van der Waals surface area contributed by atoms with Gasteiger partial charge in [0.1, 0.15) is 12.1 Å². The normalized spacial score (nSPS) is 27.9. The van der Waals surface area contributed by atoms with Crippen LogP contribution in [0.3, 0.4) is 0 Å². The maximum absolute atomic E-state index is 13.2. The van der Waals surface area contributed by atoms with Gasteiger partial charge in [-0.05, 0) is 89.5 Å². The molecule has 0 radical (unpaired) electrons. The van der Waals surface area contributed by atoms with Crippen LogP contribution < -0.4 is 21.8 Å². The molecule has 2 aromatic heterocycles. The zero-order valence-corrected chi connectivity index (χ0v) is 34.0. The van der Waals surface area contributed by atoms with E-state index in [0.29, 0.717) is 62.0 Å². The second-order valence-electron chi connectivity index (χ2n) is 16.7. The second kappa shape index (κ2) is 17.2. The number of carbonyl (C=O) groups excluding carboxylic acids is 4. The average molecular weight is 799 g/mol. The highest BCUT2D eigenvalue weighted by Gasteiger charge is 2.59. The van der Waals surface area contributed by atoms with Crippen molar-refractivity contribution in [3.05, 3.63) is 79.6 Å². The number of aliphatic hydroxyl groups is 2. The second-order valence-corrected chi connectivity index (χ2v) is 16.7. The molecule has 58 heavy (non-hydrogen) atoms. The van der Waals surface area contributed by atoms with Crippen LogP contribution in [0, 0.1) is 35.5 Å². The maximum atomic E-state index is 13.2. The number of nitrogens with one attached hydrogen (secondary N) is 2. The molecule has 0 unspecified atom stereocenters. The number of pyridine rings is 2. The molecule has 4 aliphatic heterocycles. The number of rotatable bonds is 12. The Morgan fingerprint density at radius 1 is 0.655 bits per heavy atom. The van der Waals surface area contributed by atoms with Crippen molar-refractivity contribution in [2.45, 2.75) is 103 Å². The third-order valence-corrected chi connectivity index (χ3v) is 13.0. The van der Waals surface area contributed by atoms with E-state index >= 15 is 0 Å². The van der Waals surface area contributed by atoms with Gasteiger partial charge in [-0.3, -0.25) is 28.8 Å². The Morgan fingerprint density at radius 2 is 1.03 bits per heavy atom. The van der Waals surface area contributed by atoms with E-state index in [9.17, 15) is 39.0 Å². The smallest absolute Gasteiger partial charge is 0.258 e. The maximum Gasteiger partial charge on any atom is 0.258 e. The van der Waals surface area contributed by atoms with Crippen LogP contribution in [0.1, 0.15) is 101 Å². The number of carbonyl (C=O) groups is 4. The molecule has 6 aliphatic rings. The van der Waals surface area contributed by atoms with E-state index in [4.69, 9.17) is 0 Å². The van der Waals surface area contributed by atoms with Crippen molar-refractivity contribution < 1.29 is 29.4 Å². The number of likely N-dealkylation sites (N-methyl/N-ethyl adjacent to an activating group) is 2. The van der Waals surface area contributed by atoms with E-state index < -0.39 is 12.1 Å². The Bertz CT molecular complexity index is 1950. The molecule has 4 fully saturated rings. The number of likely N-dealkylation sites (tertiary alicyclic amines) is 2. The van der Waals surface area contributed by atoms with Crippen LogP contribution >= 0.6 is 0 Å². The highest BCUT2D eigenvalue weighted by Crippen LogP contribution is 2.51. The summed E-state index contributed by atoms with van der Waals surface area (Å²) >= 11 is 0. The molecule has 0 spiro atoms. The summed E-state index contributed by atoms with van der Waals surface area (Å²) in [7, 11) is 0. The lowest BCUT2D eigenvalue weighted by Gasteiger charge is -2.31. The summed E-state index contributed by atoms with van der Waals surface area (Å²) in [6.45, 7) is 8.79. The molecule has 312 valence electrons. The summed E-state index contributed by atoms with van der Waals surface area (Å²) in [6.07, 6.45) is 12.3.